The standard InChI is InChI=1S/C25H40O5/c1-14(23(28)29-5)19-8-9-20-18-7-6-16-12-17(30-15(2)26)10-11-24(16,3)22(18)21(27)13-25(19,20)4/h14,16-22,27H,6-13H2,1-5H3/t14-,16+,17-,18+,19-,20+,21+,22-,24+,25-/m1/s1. The van der Waals surface area contributed by atoms with Crippen molar-refractivity contribution in [2.24, 2.45) is 46.3 Å². The van der Waals surface area contributed by atoms with Crippen LogP contribution in [0.25, 0.3) is 0 Å². The summed E-state index contributed by atoms with van der Waals surface area (Å²) in [6, 6.07) is 0. The molecule has 0 bridgehead atoms. The van der Waals surface area contributed by atoms with Crippen molar-refractivity contribution in [1.29, 1.82) is 0 Å². The molecule has 0 spiro atoms. The van der Waals surface area contributed by atoms with Crippen LogP contribution in [0, 0.1) is 46.3 Å². The SMILES string of the molecule is COC(=O)[C@H](C)[C@H]1CC[C@H]2[C@@H]3CC[C@H]4C[C@H](OC(C)=O)CC[C@]4(C)[C@H]3[C@@H](O)C[C@]12C. The lowest BCUT2D eigenvalue weighted by Gasteiger charge is -2.62. The maximum Gasteiger partial charge on any atom is 0.308 e. The molecule has 0 amide bonds. The Morgan fingerprint density at radius 2 is 1.80 bits per heavy atom. The number of aliphatic hydroxyl groups excluding tert-OH is 1. The second-order valence-electron chi connectivity index (χ2n) is 11.4. The van der Waals surface area contributed by atoms with Crippen LogP contribution in [0.15, 0.2) is 0 Å². The number of esters is 2. The molecule has 10 atom stereocenters. The van der Waals surface area contributed by atoms with Crippen molar-refractivity contribution in [3.8, 4) is 0 Å². The van der Waals surface area contributed by atoms with Gasteiger partial charge < -0.3 is 14.6 Å². The number of aliphatic hydroxyl groups is 1. The van der Waals surface area contributed by atoms with Gasteiger partial charge in [-0.15, -0.1) is 0 Å². The Kier molecular flexibility index (Phi) is 5.74. The average molecular weight is 421 g/mol. The van der Waals surface area contributed by atoms with E-state index in [9.17, 15) is 14.7 Å². The molecule has 4 aliphatic carbocycles. The maximum absolute atomic E-state index is 12.3. The van der Waals surface area contributed by atoms with Crippen LogP contribution in [-0.2, 0) is 19.1 Å². The molecule has 0 saturated heterocycles. The molecule has 30 heavy (non-hydrogen) atoms. The van der Waals surface area contributed by atoms with E-state index in [-0.39, 0.29) is 46.8 Å². The summed E-state index contributed by atoms with van der Waals surface area (Å²) in [5.74, 6) is 1.82. The third kappa shape index (κ3) is 3.30. The van der Waals surface area contributed by atoms with E-state index in [0.717, 1.165) is 51.4 Å². The fourth-order valence-electron chi connectivity index (χ4n) is 8.90. The number of hydrogen-bond acceptors (Lipinski definition) is 5. The molecule has 1 N–H and O–H groups in total. The second-order valence-corrected chi connectivity index (χ2v) is 11.4. The largest absolute Gasteiger partial charge is 0.469 e. The number of hydrogen-bond donors (Lipinski definition) is 1. The van der Waals surface area contributed by atoms with E-state index in [1.165, 1.54) is 14.0 Å². The van der Waals surface area contributed by atoms with Crippen molar-refractivity contribution in [3.05, 3.63) is 0 Å². The van der Waals surface area contributed by atoms with Gasteiger partial charge in [-0.3, -0.25) is 9.59 Å². The number of carbonyl (C=O) groups excluding carboxylic acids is 2. The predicted molar refractivity (Wildman–Crippen MR) is 113 cm³/mol. The van der Waals surface area contributed by atoms with Gasteiger partial charge >= 0.3 is 11.9 Å². The minimum Gasteiger partial charge on any atom is -0.469 e. The first-order valence-corrected chi connectivity index (χ1v) is 12.0. The summed E-state index contributed by atoms with van der Waals surface area (Å²) in [6.45, 7) is 8.24. The number of ether oxygens (including phenoxy) is 2. The highest BCUT2D eigenvalue weighted by Crippen LogP contribution is 2.68. The molecule has 0 aromatic rings. The molecule has 170 valence electrons. The van der Waals surface area contributed by atoms with Crippen LogP contribution >= 0.6 is 0 Å². The molecular formula is C25H40O5. The Hall–Kier alpha value is -1.10. The zero-order valence-electron chi connectivity index (χ0n) is 19.4. The van der Waals surface area contributed by atoms with Crippen molar-refractivity contribution < 1.29 is 24.2 Å². The monoisotopic (exact) mass is 420 g/mol. The third-order valence-corrected chi connectivity index (χ3v) is 10.1. The van der Waals surface area contributed by atoms with Gasteiger partial charge in [0.2, 0.25) is 0 Å². The first kappa shape index (κ1) is 22.1. The van der Waals surface area contributed by atoms with Gasteiger partial charge in [0.15, 0.2) is 0 Å². The van der Waals surface area contributed by atoms with Crippen LogP contribution in [0.3, 0.4) is 0 Å². The van der Waals surface area contributed by atoms with Gasteiger partial charge in [0.25, 0.3) is 0 Å². The van der Waals surface area contributed by atoms with Crippen LogP contribution < -0.4 is 0 Å². The molecule has 0 aromatic heterocycles. The van der Waals surface area contributed by atoms with Crippen molar-refractivity contribution in [2.45, 2.75) is 91.3 Å². The van der Waals surface area contributed by atoms with Crippen LogP contribution in [-0.4, -0.2) is 36.4 Å². The Morgan fingerprint density at radius 3 is 2.47 bits per heavy atom. The molecule has 4 rings (SSSR count). The molecule has 0 aromatic carbocycles. The quantitative estimate of drug-likeness (QED) is 0.687. The van der Waals surface area contributed by atoms with Crippen LogP contribution in [0.2, 0.25) is 0 Å². The molecule has 5 heteroatoms. The van der Waals surface area contributed by atoms with Crippen molar-refractivity contribution in [2.75, 3.05) is 7.11 Å². The van der Waals surface area contributed by atoms with Gasteiger partial charge in [0, 0.05) is 6.92 Å². The van der Waals surface area contributed by atoms with E-state index in [4.69, 9.17) is 9.47 Å². The summed E-state index contributed by atoms with van der Waals surface area (Å²) in [6.07, 6.45) is 7.91. The Labute approximate surface area is 181 Å². The fraction of sp³-hybridized carbons (Fsp3) is 0.920. The highest BCUT2D eigenvalue weighted by molar-refractivity contribution is 5.72. The minimum atomic E-state index is -0.320. The van der Waals surface area contributed by atoms with Gasteiger partial charge in [-0.1, -0.05) is 20.8 Å². The number of rotatable bonds is 3. The van der Waals surface area contributed by atoms with E-state index in [1.807, 2.05) is 6.92 Å². The molecular weight excluding hydrogens is 380 g/mol. The topological polar surface area (TPSA) is 72.8 Å². The summed E-state index contributed by atoms with van der Waals surface area (Å²) >= 11 is 0. The summed E-state index contributed by atoms with van der Waals surface area (Å²) in [5, 5.41) is 11.5. The van der Waals surface area contributed by atoms with E-state index >= 15 is 0 Å². The van der Waals surface area contributed by atoms with Gasteiger partial charge in [0.1, 0.15) is 6.10 Å². The Balaban J connectivity index is 1.56. The van der Waals surface area contributed by atoms with E-state index in [2.05, 4.69) is 13.8 Å². The van der Waals surface area contributed by atoms with Crippen LogP contribution in [0.4, 0.5) is 0 Å². The van der Waals surface area contributed by atoms with Crippen LogP contribution in [0.5, 0.6) is 0 Å². The molecule has 4 fully saturated rings. The molecule has 0 aliphatic heterocycles. The van der Waals surface area contributed by atoms with Crippen molar-refractivity contribution in [1.82, 2.24) is 0 Å². The first-order chi connectivity index (χ1) is 14.1. The molecule has 4 aliphatic rings. The van der Waals surface area contributed by atoms with E-state index in [0.29, 0.717) is 23.7 Å². The summed E-state index contributed by atoms with van der Waals surface area (Å²) in [7, 11) is 1.48. The third-order valence-electron chi connectivity index (χ3n) is 10.1. The summed E-state index contributed by atoms with van der Waals surface area (Å²) in [5.41, 5.74) is 0.124. The minimum absolute atomic E-state index is 0.00628. The highest BCUT2D eigenvalue weighted by atomic mass is 16.5. The second kappa shape index (κ2) is 7.79. The highest BCUT2D eigenvalue weighted by Gasteiger charge is 2.64. The summed E-state index contributed by atoms with van der Waals surface area (Å²) in [4.78, 5) is 23.8. The summed E-state index contributed by atoms with van der Waals surface area (Å²) < 4.78 is 10.6. The lowest BCUT2D eigenvalue weighted by Crippen LogP contribution is -2.59. The van der Waals surface area contributed by atoms with Gasteiger partial charge in [0.05, 0.1) is 19.1 Å². The molecule has 0 radical (unpaired) electrons. The van der Waals surface area contributed by atoms with Gasteiger partial charge in [-0.05, 0) is 91.8 Å². The molecule has 0 unspecified atom stereocenters. The molecule has 5 nitrogen and oxygen atoms in total. The zero-order valence-corrected chi connectivity index (χ0v) is 19.4. The van der Waals surface area contributed by atoms with Crippen molar-refractivity contribution >= 4 is 11.9 Å². The zero-order chi connectivity index (χ0) is 21.8. The normalized spacial score (nSPS) is 48.7. The molecule has 4 saturated carbocycles. The van der Waals surface area contributed by atoms with Crippen LogP contribution in [0.1, 0.15) is 79.1 Å². The number of fused-ring (bicyclic) bond motifs is 5. The van der Waals surface area contributed by atoms with Crippen molar-refractivity contribution in [3.63, 3.8) is 0 Å². The van der Waals surface area contributed by atoms with E-state index in [1.54, 1.807) is 0 Å². The lowest BCUT2D eigenvalue weighted by atomic mass is 9.43. The fourth-order valence-corrected chi connectivity index (χ4v) is 8.90. The maximum atomic E-state index is 12.3. The average Bonchev–Trinajstić information content (AvgIpc) is 3.02. The van der Waals surface area contributed by atoms with Gasteiger partial charge in [-0.25, -0.2) is 0 Å². The predicted octanol–water partition coefficient (Wildman–Crippen LogP) is 4.36. The number of carbonyl (C=O) groups is 2. The van der Waals surface area contributed by atoms with Gasteiger partial charge in [-0.2, -0.15) is 0 Å². The first-order valence-electron chi connectivity index (χ1n) is 12.0. The smallest absolute Gasteiger partial charge is 0.308 e. The molecule has 0 heterocycles. The van der Waals surface area contributed by atoms with E-state index < -0.39 is 0 Å². The lowest BCUT2D eigenvalue weighted by molar-refractivity contribution is -0.187. The Bertz CT molecular complexity index is 691. The Morgan fingerprint density at radius 1 is 1.07 bits per heavy atom. The number of methoxy groups -OCH3 is 1.